The number of aromatic nitrogens is 4. The van der Waals surface area contributed by atoms with Crippen LogP contribution in [0.25, 0.3) is 22.6 Å². The molecule has 6 heteroatoms. The number of rotatable bonds is 3. The number of H-pyrrole nitrogens is 1. The zero-order valence-electron chi connectivity index (χ0n) is 10.8. The van der Waals surface area contributed by atoms with Crippen molar-refractivity contribution in [3.8, 4) is 22.6 Å². The lowest BCUT2D eigenvalue weighted by Crippen LogP contribution is -1.86. The lowest BCUT2D eigenvalue weighted by atomic mass is 10.1. The van der Waals surface area contributed by atoms with E-state index >= 15 is 0 Å². The third-order valence-corrected chi connectivity index (χ3v) is 3.11. The first-order valence-electron chi connectivity index (χ1n) is 6.08. The molecule has 3 rings (SSSR count). The largest absolute Gasteiger partial charge is 0.388 e. The molecule has 0 spiro atoms. The van der Waals surface area contributed by atoms with E-state index < -0.39 is 0 Å². The fraction of sp³-hybridized carbons (Fsp3) is 0.0714. The molecule has 2 heterocycles. The van der Waals surface area contributed by atoms with E-state index in [9.17, 15) is 0 Å². The van der Waals surface area contributed by atoms with E-state index in [2.05, 4.69) is 25.5 Å². The summed E-state index contributed by atoms with van der Waals surface area (Å²) in [6, 6.07) is 9.95. The van der Waals surface area contributed by atoms with Gasteiger partial charge in [-0.25, -0.2) is 4.98 Å². The van der Waals surface area contributed by atoms with Crippen LogP contribution < -0.4 is 5.32 Å². The van der Waals surface area contributed by atoms with Crippen LogP contribution >= 0.6 is 11.6 Å². The zero-order chi connectivity index (χ0) is 13.9. The summed E-state index contributed by atoms with van der Waals surface area (Å²) in [5.74, 6) is 0. The van der Waals surface area contributed by atoms with Crippen molar-refractivity contribution in [3.63, 3.8) is 0 Å². The highest BCUT2D eigenvalue weighted by molar-refractivity contribution is 6.29. The van der Waals surface area contributed by atoms with Crippen LogP contribution in [0.15, 0.2) is 42.7 Å². The Morgan fingerprint density at radius 3 is 2.60 bits per heavy atom. The molecule has 0 saturated heterocycles. The Kier molecular flexibility index (Phi) is 3.35. The molecule has 2 aromatic heterocycles. The molecule has 2 N–H and O–H groups in total. The second kappa shape index (κ2) is 5.30. The van der Waals surface area contributed by atoms with E-state index in [1.165, 1.54) is 6.20 Å². The summed E-state index contributed by atoms with van der Waals surface area (Å²) in [6.07, 6.45) is 3.14. The van der Waals surface area contributed by atoms with Crippen LogP contribution in [0, 0.1) is 0 Å². The maximum Gasteiger partial charge on any atom is 0.148 e. The molecule has 20 heavy (non-hydrogen) atoms. The van der Waals surface area contributed by atoms with E-state index in [4.69, 9.17) is 11.6 Å². The van der Waals surface area contributed by atoms with Gasteiger partial charge in [0, 0.05) is 18.3 Å². The maximum atomic E-state index is 5.84. The summed E-state index contributed by atoms with van der Waals surface area (Å²) >= 11 is 5.84. The molecular formula is C14H12ClN5. The standard InChI is InChI=1S/C14H12ClN5/c1-16-10-4-2-9(3-5-10)11-6-12(20-19-11)13-7-17-8-14(15)18-13/h2-8,16H,1H3,(H,19,20). The van der Waals surface area contributed by atoms with Crippen LogP contribution in [0.3, 0.4) is 0 Å². The van der Waals surface area contributed by atoms with Crippen LogP contribution in [0.4, 0.5) is 5.69 Å². The molecule has 5 nitrogen and oxygen atoms in total. The lowest BCUT2D eigenvalue weighted by molar-refractivity contribution is 1.08. The van der Waals surface area contributed by atoms with Gasteiger partial charge in [0.25, 0.3) is 0 Å². The second-order valence-corrected chi connectivity index (χ2v) is 4.61. The molecule has 0 fully saturated rings. The monoisotopic (exact) mass is 285 g/mol. The van der Waals surface area contributed by atoms with Crippen molar-refractivity contribution in [1.29, 1.82) is 0 Å². The molecule has 0 aliphatic carbocycles. The van der Waals surface area contributed by atoms with E-state index in [1.807, 2.05) is 37.4 Å². The number of nitrogens with one attached hydrogen (secondary N) is 2. The van der Waals surface area contributed by atoms with Crippen LogP contribution in [0.1, 0.15) is 0 Å². The first-order valence-corrected chi connectivity index (χ1v) is 6.45. The van der Waals surface area contributed by atoms with E-state index in [0.29, 0.717) is 10.8 Å². The van der Waals surface area contributed by atoms with Gasteiger partial charge in [-0.1, -0.05) is 23.7 Å². The first-order chi connectivity index (χ1) is 9.76. The maximum absolute atomic E-state index is 5.84. The third-order valence-electron chi connectivity index (χ3n) is 2.93. The van der Waals surface area contributed by atoms with Gasteiger partial charge in [-0.15, -0.1) is 0 Å². The molecule has 0 radical (unpaired) electrons. The normalized spacial score (nSPS) is 10.5. The third kappa shape index (κ3) is 2.48. The summed E-state index contributed by atoms with van der Waals surface area (Å²) < 4.78 is 0. The highest BCUT2D eigenvalue weighted by atomic mass is 35.5. The molecule has 0 amide bonds. The first kappa shape index (κ1) is 12.6. The topological polar surface area (TPSA) is 66.5 Å². The van der Waals surface area contributed by atoms with Gasteiger partial charge in [0.1, 0.15) is 10.8 Å². The summed E-state index contributed by atoms with van der Waals surface area (Å²) in [4.78, 5) is 8.21. The fourth-order valence-electron chi connectivity index (χ4n) is 1.88. The van der Waals surface area contributed by atoms with Gasteiger partial charge in [0.2, 0.25) is 0 Å². The van der Waals surface area contributed by atoms with Crippen molar-refractivity contribution in [2.24, 2.45) is 0 Å². The Morgan fingerprint density at radius 2 is 1.90 bits per heavy atom. The molecule has 1 aromatic carbocycles. The number of hydrogen-bond acceptors (Lipinski definition) is 4. The molecule has 0 bridgehead atoms. The molecule has 3 aromatic rings. The van der Waals surface area contributed by atoms with Crippen LogP contribution in [-0.2, 0) is 0 Å². The number of aromatic amines is 1. The molecule has 0 saturated carbocycles. The minimum atomic E-state index is 0.358. The Balaban J connectivity index is 1.93. The molecule has 100 valence electrons. The average Bonchev–Trinajstić information content (AvgIpc) is 2.97. The van der Waals surface area contributed by atoms with Gasteiger partial charge in [-0.05, 0) is 18.2 Å². The summed E-state index contributed by atoms with van der Waals surface area (Å²) in [6.45, 7) is 0. The van der Waals surface area contributed by atoms with Gasteiger partial charge in [0.05, 0.1) is 23.8 Å². The molecular weight excluding hydrogens is 274 g/mol. The zero-order valence-corrected chi connectivity index (χ0v) is 11.5. The molecule has 0 atom stereocenters. The Labute approximate surface area is 121 Å². The van der Waals surface area contributed by atoms with Gasteiger partial charge in [-0.2, -0.15) is 5.10 Å². The van der Waals surface area contributed by atoms with Gasteiger partial charge < -0.3 is 5.32 Å². The van der Waals surface area contributed by atoms with E-state index in [1.54, 1.807) is 6.20 Å². The van der Waals surface area contributed by atoms with Crippen molar-refractivity contribution in [2.75, 3.05) is 12.4 Å². The van der Waals surface area contributed by atoms with E-state index in [-0.39, 0.29) is 0 Å². The average molecular weight is 286 g/mol. The molecule has 0 unspecified atom stereocenters. The van der Waals surface area contributed by atoms with Crippen molar-refractivity contribution in [1.82, 2.24) is 20.2 Å². The predicted molar refractivity (Wildman–Crippen MR) is 79.6 cm³/mol. The van der Waals surface area contributed by atoms with E-state index in [0.717, 1.165) is 22.6 Å². The Hall–Kier alpha value is -2.40. The second-order valence-electron chi connectivity index (χ2n) is 4.22. The number of anilines is 1. The fourth-order valence-corrected chi connectivity index (χ4v) is 2.03. The Morgan fingerprint density at radius 1 is 1.10 bits per heavy atom. The van der Waals surface area contributed by atoms with Gasteiger partial charge >= 0.3 is 0 Å². The van der Waals surface area contributed by atoms with Gasteiger partial charge in [-0.3, -0.25) is 10.1 Å². The lowest BCUT2D eigenvalue weighted by Gasteiger charge is -2.00. The summed E-state index contributed by atoms with van der Waals surface area (Å²) in [5, 5.41) is 10.7. The Bertz CT molecular complexity index is 720. The number of benzene rings is 1. The van der Waals surface area contributed by atoms with Gasteiger partial charge in [0.15, 0.2) is 0 Å². The van der Waals surface area contributed by atoms with Crippen molar-refractivity contribution < 1.29 is 0 Å². The minimum absolute atomic E-state index is 0.358. The van der Waals surface area contributed by atoms with Crippen LogP contribution in [0.2, 0.25) is 5.15 Å². The highest BCUT2D eigenvalue weighted by Gasteiger charge is 2.07. The number of hydrogen-bond donors (Lipinski definition) is 2. The highest BCUT2D eigenvalue weighted by Crippen LogP contribution is 2.24. The minimum Gasteiger partial charge on any atom is -0.388 e. The van der Waals surface area contributed by atoms with Crippen molar-refractivity contribution in [3.05, 3.63) is 47.9 Å². The number of nitrogens with zero attached hydrogens (tertiary/aromatic N) is 3. The van der Waals surface area contributed by atoms with Crippen molar-refractivity contribution >= 4 is 17.3 Å². The smallest absolute Gasteiger partial charge is 0.148 e. The van der Waals surface area contributed by atoms with Crippen LogP contribution in [0.5, 0.6) is 0 Å². The molecule has 0 aliphatic heterocycles. The summed E-state index contributed by atoms with van der Waals surface area (Å²) in [7, 11) is 1.89. The summed E-state index contributed by atoms with van der Waals surface area (Å²) in [5.41, 5.74) is 4.40. The molecule has 0 aliphatic rings. The van der Waals surface area contributed by atoms with Crippen LogP contribution in [-0.4, -0.2) is 27.2 Å². The number of halogens is 1. The predicted octanol–water partition coefficient (Wildman–Crippen LogP) is 3.23. The quantitative estimate of drug-likeness (QED) is 0.775. The van der Waals surface area contributed by atoms with Crippen molar-refractivity contribution in [2.45, 2.75) is 0 Å². The SMILES string of the molecule is CNc1ccc(-c2cc(-c3cncc(Cl)n3)[nH]n2)cc1.